The highest BCUT2D eigenvalue weighted by atomic mass is 16.1. The van der Waals surface area contributed by atoms with Gasteiger partial charge in [0.1, 0.15) is 5.78 Å². The van der Waals surface area contributed by atoms with Gasteiger partial charge in [-0.2, -0.15) is 0 Å². The molecule has 0 aliphatic heterocycles. The van der Waals surface area contributed by atoms with Gasteiger partial charge in [0.15, 0.2) is 0 Å². The number of carbonyl (C=O) groups is 1. The van der Waals surface area contributed by atoms with E-state index in [1.165, 1.54) is 0 Å². The van der Waals surface area contributed by atoms with Crippen molar-refractivity contribution in [3.63, 3.8) is 0 Å². The van der Waals surface area contributed by atoms with Crippen molar-refractivity contribution in [1.29, 1.82) is 0 Å². The first kappa shape index (κ1) is 9.11. The molecule has 0 fully saturated rings. The first-order valence-electron chi connectivity index (χ1n) is 3.21. The highest BCUT2D eigenvalue weighted by molar-refractivity contribution is 5.78. The first-order valence-corrected chi connectivity index (χ1v) is 3.21. The van der Waals surface area contributed by atoms with Crippen LogP contribution in [0.2, 0.25) is 0 Å². The maximum absolute atomic E-state index is 10.6. The van der Waals surface area contributed by atoms with Crippen molar-refractivity contribution < 1.29 is 4.79 Å². The average Bonchev–Trinajstić information content (AvgIpc) is 1.86. The number of hydrogen-bond donors (Lipinski definition) is 1. The van der Waals surface area contributed by atoms with Crippen molar-refractivity contribution in [2.75, 3.05) is 6.54 Å². The zero-order chi connectivity index (χ0) is 7.98. The van der Waals surface area contributed by atoms with Gasteiger partial charge in [-0.25, -0.2) is 0 Å². The predicted octanol–water partition coefficient (Wildman–Crippen LogP) is 1.04. The highest BCUT2D eigenvalue weighted by Crippen LogP contribution is 2.01. The van der Waals surface area contributed by atoms with Gasteiger partial charge in [-0.3, -0.25) is 4.79 Å². The van der Waals surface area contributed by atoms with Crippen LogP contribution in [0.25, 0.3) is 0 Å². The Kier molecular flexibility index (Phi) is 4.50. The van der Waals surface area contributed by atoms with E-state index in [0.717, 1.165) is 5.57 Å². The Hall–Kier alpha value is -0.890. The van der Waals surface area contributed by atoms with E-state index in [0.29, 0.717) is 13.0 Å². The fourth-order valence-electron chi connectivity index (χ4n) is 0.667. The number of nitrogens with two attached hydrogens (primary N) is 1. The van der Waals surface area contributed by atoms with E-state index in [-0.39, 0.29) is 5.78 Å². The van der Waals surface area contributed by atoms with Crippen LogP contribution < -0.4 is 5.73 Å². The molecule has 0 aromatic heterocycles. The molecule has 0 amide bonds. The van der Waals surface area contributed by atoms with Gasteiger partial charge < -0.3 is 5.73 Å². The van der Waals surface area contributed by atoms with E-state index >= 15 is 0 Å². The lowest BCUT2D eigenvalue weighted by atomic mass is 10.1. The summed E-state index contributed by atoms with van der Waals surface area (Å²) >= 11 is 0. The summed E-state index contributed by atoms with van der Waals surface area (Å²) in [4.78, 5) is 10.6. The summed E-state index contributed by atoms with van der Waals surface area (Å²) in [6.07, 6.45) is 3.91. The molecule has 10 heavy (non-hydrogen) atoms. The minimum absolute atomic E-state index is 0.139. The maximum Gasteiger partial charge on any atom is 0.134 e. The van der Waals surface area contributed by atoms with Gasteiger partial charge >= 0.3 is 0 Å². The predicted molar refractivity (Wildman–Crippen MR) is 42.6 cm³/mol. The van der Waals surface area contributed by atoms with Crippen molar-refractivity contribution in [2.45, 2.75) is 13.3 Å². The molecule has 0 saturated carbocycles. The van der Waals surface area contributed by atoms with Crippen LogP contribution in [-0.2, 0) is 4.79 Å². The molecule has 0 atom stereocenters. The van der Waals surface area contributed by atoms with Crippen molar-refractivity contribution in [3.8, 4) is 0 Å². The van der Waals surface area contributed by atoms with Gasteiger partial charge in [-0.1, -0.05) is 18.7 Å². The van der Waals surface area contributed by atoms with Gasteiger partial charge in [0.25, 0.3) is 0 Å². The van der Waals surface area contributed by atoms with Crippen LogP contribution in [0.1, 0.15) is 13.3 Å². The van der Waals surface area contributed by atoms with E-state index in [2.05, 4.69) is 6.58 Å². The van der Waals surface area contributed by atoms with Crippen LogP contribution in [-0.4, -0.2) is 12.3 Å². The summed E-state index contributed by atoms with van der Waals surface area (Å²) in [7, 11) is 0. The number of hydrogen-bond acceptors (Lipinski definition) is 2. The zero-order valence-electron chi connectivity index (χ0n) is 6.26. The van der Waals surface area contributed by atoms with Crippen LogP contribution in [0, 0.1) is 0 Å². The van der Waals surface area contributed by atoms with E-state index in [4.69, 9.17) is 5.73 Å². The van der Waals surface area contributed by atoms with Crippen molar-refractivity contribution >= 4 is 5.78 Å². The highest BCUT2D eigenvalue weighted by Gasteiger charge is 1.94. The van der Waals surface area contributed by atoms with E-state index < -0.39 is 0 Å². The second-order valence-electron chi connectivity index (χ2n) is 2.10. The summed E-state index contributed by atoms with van der Waals surface area (Å²) in [5.74, 6) is 0.139. The number of rotatable bonds is 4. The SMILES string of the molecule is C=C/C(=C\CN)CC(C)=O. The average molecular weight is 139 g/mol. The van der Waals surface area contributed by atoms with Gasteiger partial charge in [-0.15, -0.1) is 0 Å². The number of allylic oxidation sites excluding steroid dienone is 2. The van der Waals surface area contributed by atoms with Gasteiger partial charge in [0.2, 0.25) is 0 Å². The molecule has 0 aromatic rings. The van der Waals surface area contributed by atoms with Crippen LogP contribution in [0.5, 0.6) is 0 Å². The van der Waals surface area contributed by atoms with Crippen LogP contribution in [0.3, 0.4) is 0 Å². The Balaban J connectivity index is 3.95. The van der Waals surface area contributed by atoms with E-state index in [1.54, 1.807) is 19.1 Å². The smallest absolute Gasteiger partial charge is 0.134 e. The van der Waals surface area contributed by atoms with Crippen molar-refractivity contribution in [2.24, 2.45) is 5.73 Å². The van der Waals surface area contributed by atoms with E-state index in [1.807, 2.05) is 0 Å². The summed E-state index contributed by atoms with van der Waals surface area (Å²) in [5.41, 5.74) is 6.16. The lowest BCUT2D eigenvalue weighted by molar-refractivity contribution is -0.116. The second-order valence-corrected chi connectivity index (χ2v) is 2.10. The van der Waals surface area contributed by atoms with Crippen molar-refractivity contribution in [1.82, 2.24) is 0 Å². The van der Waals surface area contributed by atoms with Crippen LogP contribution in [0.15, 0.2) is 24.3 Å². The Bertz CT molecular complexity index is 159. The molecule has 0 bridgehead atoms. The monoisotopic (exact) mass is 139 g/mol. The second kappa shape index (κ2) is 4.94. The molecular weight excluding hydrogens is 126 g/mol. The fourth-order valence-corrected chi connectivity index (χ4v) is 0.667. The molecule has 0 aliphatic rings. The lowest BCUT2D eigenvalue weighted by Crippen LogP contribution is -1.97. The quantitative estimate of drug-likeness (QED) is 0.591. The molecule has 0 aliphatic carbocycles. The topological polar surface area (TPSA) is 43.1 Å². The fraction of sp³-hybridized carbons (Fsp3) is 0.375. The summed E-state index contributed by atoms with van der Waals surface area (Å²) in [6, 6.07) is 0. The molecule has 0 heterocycles. The standard InChI is InChI=1S/C8H13NO/c1-3-8(4-5-9)6-7(2)10/h3-4H,1,5-6,9H2,2H3/b8-4+. The molecule has 0 unspecified atom stereocenters. The van der Waals surface area contributed by atoms with Crippen LogP contribution >= 0.6 is 0 Å². The van der Waals surface area contributed by atoms with Gasteiger partial charge in [-0.05, 0) is 12.5 Å². The zero-order valence-corrected chi connectivity index (χ0v) is 6.26. The normalized spacial score (nSPS) is 11.2. The minimum atomic E-state index is 0.139. The molecule has 0 aromatic carbocycles. The first-order chi connectivity index (χ1) is 4.70. The molecular formula is C8H13NO. The summed E-state index contributed by atoms with van der Waals surface area (Å²) in [5, 5.41) is 0. The van der Waals surface area contributed by atoms with Gasteiger partial charge in [0.05, 0.1) is 0 Å². The number of ketones is 1. The molecule has 0 radical (unpaired) electrons. The maximum atomic E-state index is 10.6. The molecule has 56 valence electrons. The Labute approximate surface area is 61.4 Å². The lowest BCUT2D eigenvalue weighted by Gasteiger charge is -1.95. The Morgan fingerprint density at radius 1 is 1.70 bits per heavy atom. The molecule has 0 rings (SSSR count). The number of carbonyl (C=O) groups excluding carboxylic acids is 1. The third kappa shape index (κ3) is 4.04. The molecule has 2 N–H and O–H groups in total. The minimum Gasteiger partial charge on any atom is -0.327 e. The molecule has 0 spiro atoms. The number of Topliss-reactive ketones (excluding diaryl/α,β-unsaturated/α-hetero) is 1. The molecule has 2 heteroatoms. The molecule has 2 nitrogen and oxygen atoms in total. The largest absolute Gasteiger partial charge is 0.327 e. The molecule has 0 saturated heterocycles. The van der Waals surface area contributed by atoms with Crippen molar-refractivity contribution in [3.05, 3.63) is 24.3 Å². The third-order valence-corrected chi connectivity index (χ3v) is 1.10. The Morgan fingerprint density at radius 2 is 2.30 bits per heavy atom. The van der Waals surface area contributed by atoms with Gasteiger partial charge in [0, 0.05) is 13.0 Å². The van der Waals surface area contributed by atoms with E-state index in [9.17, 15) is 4.79 Å². The third-order valence-electron chi connectivity index (χ3n) is 1.10. The summed E-state index contributed by atoms with van der Waals surface area (Å²) < 4.78 is 0. The summed E-state index contributed by atoms with van der Waals surface area (Å²) in [6.45, 7) is 5.57. The Morgan fingerprint density at radius 3 is 2.60 bits per heavy atom. The van der Waals surface area contributed by atoms with Crippen LogP contribution in [0.4, 0.5) is 0 Å².